The molecule has 0 spiro atoms. The molecule has 0 saturated carbocycles. The fraction of sp³-hybridized carbons (Fsp3) is 0.923. The van der Waals surface area contributed by atoms with Crippen LogP contribution < -0.4 is 0 Å². The van der Waals surface area contributed by atoms with Crippen LogP contribution in [0.2, 0.25) is 0 Å². The molecule has 0 aromatic rings. The maximum atomic E-state index is 11.2. The highest BCUT2D eigenvalue weighted by atomic mass is 16.4. The van der Waals surface area contributed by atoms with Gasteiger partial charge in [-0.2, -0.15) is 0 Å². The number of carbonyl (C=O) groups is 1. The van der Waals surface area contributed by atoms with Crippen LogP contribution in [0.25, 0.3) is 0 Å². The molecule has 1 rings (SSSR count). The van der Waals surface area contributed by atoms with Crippen molar-refractivity contribution in [3.05, 3.63) is 0 Å². The highest BCUT2D eigenvalue weighted by molar-refractivity contribution is 5.68. The SMILES string of the molecule is CCN(CC)C1(CC(=O)O)CCN(C)C(C)C1. The molecular formula is C13H26N2O2. The molecule has 0 aromatic carbocycles. The van der Waals surface area contributed by atoms with Gasteiger partial charge in [0.15, 0.2) is 0 Å². The number of carboxylic acid groups (broad SMARTS) is 1. The van der Waals surface area contributed by atoms with Gasteiger partial charge in [-0.15, -0.1) is 0 Å². The molecule has 4 nitrogen and oxygen atoms in total. The van der Waals surface area contributed by atoms with E-state index in [2.05, 4.69) is 37.6 Å². The van der Waals surface area contributed by atoms with Crippen molar-refractivity contribution in [1.82, 2.24) is 9.80 Å². The zero-order chi connectivity index (χ0) is 13.1. The van der Waals surface area contributed by atoms with Gasteiger partial charge in [-0.3, -0.25) is 9.69 Å². The van der Waals surface area contributed by atoms with Crippen LogP contribution in [-0.2, 0) is 4.79 Å². The Balaban J connectivity index is 2.89. The van der Waals surface area contributed by atoms with Crippen LogP contribution in [0.5, 0.6) is 0 Å². The molecule has 2 unspecified atom stereocenters. The van der Waals surface area contributed by atoms with Crippen LogP contribution in [0.4, 0.5) is 0 Å². The predicted molar refractivity (Wildman–Crippen MR) is 69.2 cm³/mol. The number of carboxylic acids is 1. The standard InChI is InChI=1S/C13H26N2O2/c1-5-15(6-2)13(10-12(16)17)7-8-14(4)11(3)9-13/h11H,5-10H2,1-4H3,(H,16,17). The molecule has 1 N–H and O–H groups in total. The summed E-state index contributed by atoms with van der Waals surface area (Å²) in [4.78, 5) is 15.8. The van der Waals surface area contributed by atoms with Crippen LogP contribution in [0.15, 0.2) is 0 Å². The smallest absolute Gasteiger partial charge is 0.305 e. The summed E-state index contributed by atoms with van der Waals surface area (Å²) >= 11 is 0. The molecule has 1 saturated heterocycles. The van der Waals surface area contributed by atoms with Crippen LogP contribution in [0, 0.1) is 0 Å². The van der Waals surface area contributed by atoms with Gasteiger partial charge in [0.05, 0.1) is 6.42 Å². The van der Waals surface area contributed by atoms with Gasteiger partial charge in [0.25, 0.3) is 0 Å². The van der Waals surface area contributed by atoms with E-state index in [1.54, 1.807) is 0 Å². The van der Waals surface area contributed by atoms with Crippen molar-refractivity contribution in [3.8, 4) is 0 Å². The van der Waals surface area contributed by atoms with Crippen molar-refractivity contribution in [1.29, 1.82) is 0 Å². The predicted octanol–water partition coefficient (Wildman–Crippen LogP) is 1.66. The first kappa shape index (κ1) is 14.5. The Bertz CT molecular complexity index is 266. The minimum absolute atomic E-state index is 0.138. The summed E-state index contributed by atoms with van der Waals surface area (Å²) < 4.78 is 0. The number of hydrogen-bond acceptors (Lipinski definition) is 3. The molecule has 0 aliphatic carbocycles. The Hall–Kier alpha value is -0.610. The van der Waals surface area contributed by atoms with Gasteiger partial charge >= 0.3 is 5.97 Å². The van der Waals surface area contributed by atoms with E-state index >= 15 is 0 Å². The van der Waals surface area contributed by atoms with E-state index in [9.17, 15) is 9.90 Å². The van der Waals surface area contributed by atoms with Crippen molar-refractivity contribution >= 4 is 5.97 Å². The van der Waals surface area contributed by atoms with Gasteiger partial charge in [-0.1, -0.05) is 13.8 Å². The van der Waals surface area contributed by atoms with Crippen molar-refractivity contribution in [2.75, 3.05) is 26.7 Å². The topological polar surface area (TPSA) is 43.8 Å². The lowest BCUT2D eigenvalue weighted by molar-refractivity contribution is -0.142. The molecule has 100 valence electrons. The third-order valence-corrected chi connectivity index (χ3v) is 4.27. The highest BCUT2D eigenvalue weighted by Crippen LogP contribution is 2.34. The third-order valence-electron chi connectivity index (χ3n) is 4.27. The average molecular weight is 242 g/mol. The van der Waals surface area contributed by atoms with Gasteiger partial charge in [0.1, 0.15) is 0 Å². The van der Waals surface area contributed by atoms with Crippen LogP contribution in [-0.4, -0.2) is 59.1 Å². The van der Waals surface area contributed by atoms with E-state index < -0.39 is 5.97 Å². The second-order valence-electron chi connectivity index (χ2n) is 5.25. The lowest BCUT2D eigenvalue weighted by Crippen LogP contribution is -2.58. The Labute approximate surface area is 105 Å². The Morgan fingerprint density at radius 3 is 2.47 bits per heavy atom. The molecular weight excluding hydrogens is 216 g/mol. The maximum Gasteiger partial charge on any atom is 0.305 e. The molecule has 1 heterocycles. The second-order valence-corrected chi connectivity index (χ2v) is 5.25. The summed E-state index contributed by atoms with van der Waals surface area (Å²) in [7, 11) is 2.12. The zero-order valence-corrected chi connectivity index (χ0v) is 11.6. The van der Waals surface area contributed by atoms with Gasteiger partial charge in [-0.25, -0.2) is 0 Å². The lowest BCUT2D eigenvalue weighted by atomic mass is 9.79. The normalized spacial score (nSPS) is 30.8. The van der Waals surface area contributed by atoms with Gasteiger partial charge in [0, 0.05) is 11.6 Å². The van der Waals surface area contributed by atoms with Gasteiger partial charge in [0.2, 0.25) is 0 Å². The summed E-state index contributed by atoms with van der Waals surface area (Å²) in [5.74, 6) is -0.673. The summed E-state index contributed by atoms with van der Waals surface area (Å²) in [5.41, 5.74) is -0.138. The quantitative estimate of drug-likeness (QED) is 0.796. The minimum atomic E-state index is -0.673. The third kappa shape index (κ3) is 3.19. The molecule has 17 heavy (non-hydrogen) atoms. The number of nitrogens with zero attached hydrogens (tertiary/aromatic N) is 2. The number of piperidine rings is 1. The molecule has 0 bridgehead atoms. The first-order chi connectivity index (χ1) is 7.95. The molecule has 4 heteroatoms. The Morgan fingerprint density at radius 2 is 2.06 bits per heavy atom. The Morgan fingerprint density at radius 1 is 1.47 bits per heavy atom. The lowest BCUT2D eigenvalue weighted by Gasteiger charge is -2.49. The molecule has 2 atom stereocenters. The number of aliphatic carboxylic acids is 1. The summed E-state index contributed by atoms with van der Waals surface area (Å²) in [6.07, 6.45) is 2.19. The van der Waals surface area contributed by atoms with Crippen LogP contribution in [0.3, 0.4) is 0 Å². The van der Waals surface area contributed by atoms with Crippen molar-refractivity contribution in [2.45, 2.75) is 51.6 Å². The van der Waals surface area contributed by atoms with Crippen molar-refractivity contribution in [2.24, 2.45) is 0 Å². The maximum absolute atomic E-state index is 11.2. The van der Waals surface area contributed by atoms with E-state index in [-0.39, 0.29) is 12.0 Å². The zero-order valence-electron chi connectivity index (χ0n) is 11.6. The molecule has 1 fully saturated rings. The summed E-state index contributed by atoms with van der Waals surface area (Å²) in [6.45, 7) is 9.29. The number of likely N-dealkylation sites (tertiary alicyclic amines) is 1. The fourth-order valence-corrected chi connectivity index (χ4v) is 3.15. The molecule has 1 aliphatic heterocycles. The van der Waals surface area contributed by atoms with Crippen molar-refractivity contribution in [3.63, 3.8) is 0 Å². The average Bonchev–Trinajstić information content (AvgIpc) is 2.25. The fourth-order valence-electron chi connectivity index (χ4n) is 3.15. The summed E-state index contributed by atoms with van der Waals surface area (Å²) in [6, 6.07) is 0.462. The van der Waals surface area contributed by atoms with E-state index in [0.717, 1.165) is 32.5 Å². The van der Waals surface area contributed by atoms with Gasteiger partial charge < -0.3 is 10.0 Å². The minimum Gasteiger partial charge on any atom is -0.481 e. The molecule has 1 aliphatic rings. The van der Waals surface area contributed by atoms with Crippen LogP contribution >= 0.6 is 0 Å². The molecule has 0 aromatic heterocycles. The van der Waals surface area contributed by atoms with E-state index in [4.69, 9.17) is 0 Å². The molecule has 0 radical (unpaired) electrons. The van der Waals surface area contributed by atoms with Crippen molar-refractivity contribution < 1.29 is 9.90 Å². The van der Waals surface area contributed by atoms with E-state index in [0.29, 0.717) is 6.04 Å². The largest absolute Gasteiger partial charge is 0.481 e. The van der Waals surface area contributed by atoms with Gasteiger partial charge in [-0.05, 0) is 46.4 Å². The monoisotopic (exact) mass is 242 g/mol. The van der Waals surface area contributed by atoms with Crippen LogP contribution in [0.1, 0.15) is 40.0 Å². The molecule has 0 amide bonds. The summed E-state index contributed by atoms with van der Waals surface area (Å²) in [5, 5.41) is 9.18. The van der Waals surface area contributed by atoms with E-state index in [1.165, 1.54) is 0 Å². The number of rotatable bonds is 5. The first-order valence-corrected chi connectivity index (χ1v) is 6.62. The number of hydrogen-bond donors (Lipinski definition) is 1. The van der Waals surface area contributed by atoms with E-state index in [1.807, 2.05) is 0 Å². The Kier molecular flexibility index (Phi) is 4.95. The first-order valence-electron chi connectivity index (χ1n) is 6.62. The second kappa shape index (κ2) is 5.83. The highest BCUT2D eigenvalue weighted by Gasteiger charge is 2.42.